The van der Waals surface area contributed by atoms with Crippen LogP contribution in [0, 0.1) is 47.1 Å². The number of nitrogens with one attached hydrogen (secondary N) is 4. The number of aromatic nitrogens is 4. The third-order valence-electron chi connectivity index (χ3n) is 19.2. The highest BCUT2D eigenvalue weighted by Crippen LogP contribution is 2.47. The Morgan fingerprint density at radius 3 is 1.89 bits per heavy atom. The molecule has 30 nitrogen and oxygen atoms in total. The molecule has 8 rings (SSSR count). The number of piperazine rings is 1. The highest BCUT2D eigenvalue weighted by molar-refractivity contribution is 7.46. The van der Waals surface area contributed by atoms with Crippen molar-refractivity contribution in [2.75, 3.05) is 65.3 Å². The van der Waals surface area contributed by atoms with Gasteiger partial charge in [-0.2, -0.15) is 40.2 Å². The maximum absolute atomic E-state index is 16.7. The number of nitrogens with zero attached hydrogens (tertiary/aromatic N) is 7. The molecule has 4 amide bonds. The summed E-state index contributed by atoms with van der Waals surface area (Å²) >= 11 is 0. The second kappa shape index (κ2) is 36.1. The molecule has 3 aromatic carbocycles. The van der Waals surface area contributed by atoms with Crippen LogP contribution in [0.4, 0.5) is 64.2 Å². The van der Waals surface area contributed by atoms with Gasteiger partial charge in [0.1, 0.15) is 42.1 Å². The van der Waals surface area contributed by atoms with E-state index in [1.807, 2.05) is 10.7 Å². The number of amides is 4. The van der Waals surface area contributed by atoms with E-state index in [0.29, 0.717) is 113 Å². The number of halogens is 10. The van der Waals surface area contributed by atoms with Crippen molar-refractivity contribution in [3.05, 3.63) is 124 Å². The maximum Gasteiger partial charge on any atom is 0.524 e. The number of hydrogen-bond acceptors (Lipinski definition) is 22. The number of rotatable bonds is 32. The number of carbonyl (C=O) groups excluding carboxylic acids is 7. The van der Waals surface area contributed by atoms with Crippen molar-refractivity contribution < 1.29 is 135 Å². The fourth-order valence-electron chi connectivity index (χ4n) is 13.1. The van der Waals surface area contributed by atoms with Crippen LogP contribution in [0.25, 0.3) is 11.3 Å². The molecule has 3 aliphatic rings. The van der Waals surface area contributed by atoms with Crippen LogP contribution < -0.4 is 30.8 Å². The zero-order chi connectivity index (χ0) is 82.8. The number of anilines is 1. The van der Waals surface area contributed by atoms with E-state index in [2.05, 4.69) is 51.5 Å². The number of ketones is 1. The highest BCUT2D eigenvalue weighted by Gasteiger charge is 2.58. The molecular weight excluding hydrogens is 1530 g/mol. The number of alkyl carbamates (subject to hydrolysis) is 2. The first-order valence-corrected chi connectivity index (χ1v) is 35.9. The second-order valence-corrected chi connectivity index (χ2v) is 29.7. The number of phosphoric ester groups is 1. The summed E-state index contributed by atoms with van der Waals surface area (Å²) in [7, 11) is -3.95. The van der Waals surface area contributed by atoms with Gasteiger partial charge in [-0.3, -0.25) is 44.1 Å². The van der Waals surface area contributed by atoms with Crippen LogP contribution in [-0.2, 0) is 81.8 Å². The minimum Gasteiger partial charge on any atom is -0.480 e. The van der Waals surface area contributed by atoms with Crippen molar-refractivity contribution in [2.24, 2.45) is 16.7 Å². The average Bonchev–Trinajstić information content (AvgIpc) is 1.39. The standard InChI is InChI=1S/C71H82F10N11O19P/c1-38-20-44(26-55(94)82-30-56(95)96)58(53(21-38)111-112(102,103)104)67(2,3)27-57(97)108-37-109-66(101)110-54(34-90(88-61(98)60(86-65(100)106-9)69(6,7)71(79,80)81)33-48-49(72)23-42(24-50(48)73)51-18-19-91(87-51)62(74)75)43(25-52(93)59(85-64(99)105-8)68(4,5)70(76,77)78)22-40-13-10-39(11-14-40)12-15-41-28-83-63(84-29-41)89-31-45-16-17-46(32-89)92(45)47-35-107-36-47/h10-11,13-14,18-21,23-24,28-29,43,45-47,54,59-60,62H,16-17,22,25-27,30-37H2,1-9H3,(H,82,94)(H,85,99)(H,86,100)(H,88,98)(H,95,96)(H2,102,103,104)/t43-,45?,46?,54+,59-,60-/m1/s1. The number of ether oxygens (including phenoxy) is 6. The number of carbonyl (C=O) groups is 8. The molecule has 3 saturated heterocycles. The molecule has 0 spiro atoms. The minimum atomic E-state index is -5.42. The molecule has 3 fully saturated rings. The monoisotopic (exact) mass is 1610 g/mol. The van der Waals surface area contributed by atoms with Gasteiger partial charge in [-0.05, 0) is 107 Å². The van der Waals surface area contributed by atoms with Crippen molar-refractivity contribution in [3.8, 4) is 28.8 Å². The van der Waals surface area contributed by atoms with E-state index in [4.69, 9.17) is 28.6 Å². The molecule has 6 atom stereocenters. The Balaban J connectivity index is 1.19. The largest absolute Gasteiger partial charge is 0.524 e. The number of fused-ring (bicyclic) bond motifs is 2. The summed E-state index contributed by atoms with van der Waals surface area (Å²) in [5.74, 6) is -6.19. The average molecular weight is 1610 g/mol. The molecule has 3 aliphatic heterocycles. The lowest BCUT2D eigenvalue weighted by Crippen LogP contribution is -2.62. The molecule has 7 N–H and O–H groups in total. The summed E-state index contributed by atoms with van der Waals surface area (Å²) in [6.45, 7) is 0.548. The molecule has 2 aromatic heterocycles. The Morgan fingerprint density at radius 1 is 0.777 bits per heavy atom. The SMILES string of the molecule is COC(=O)N[C@H](C(=O)C[C@@H](Cc1ccc(C#Cc2cnc(N3CC4CCC(C3)N4C3COC3)nc2)cc1)[C@H](CN(Cc1c(F)cc(-c2ccn(C(F)F)n2)cc1F)NC(=O)[C@@H](NC(=O)OC)C(C)(C)C(F)(F)F)OC(=O)OCOC(=O)CC(C)(C)c1c(CC(=O)NCC(=O)O)cc(C)cc1OP(=O)(O)O)C(C)(C)C(F)(F)F. The van der Waals surface area contributed by atoms with Crippen molar-refractivity contribution in [3.63, 3.8) is 0 Å². The number of Topliss-reactive ketones (excluding diaryl/α,β-unsaturated/α-hetero) is 1. The predicted molar refractivity (Wildman–Crippen MR) is 371 cm³/mol. The lowest BCUT2D eigenvalue weighted by molar-refractivity contribution is -0.221. The molecule has 610 valence electrons. The quantitative estimate of drug-likeness (QED) is 0.00402. The second-order valence-electron chi connectivity index (χ2n) is 28.6. The van der Waals surface area contributed by atoms with Crippen molar-refractivity contribution in [2.45, 2.75) is 154 Å². The normalized spacial score (nSPS) is 16.7. The lowest BCUT2D eigenvalue weighted by atomic mass is 9.77. The number of aryl methyl sites for hydroxylation is 1. The predicted octanol–water partition coefficient (Wildman–Crippen LogP) is 8.66. The molecule has 0 radical (unpaired) electrons. The summed E-state index contributed by atoms with van der Waals surface area (Å²) in [5, 5.41) is 18.9. The third-order valence-corrected chi connectivity index (χ3v) is 19.6. The number of methoxy groups -OCH3 is 2. The molecule has 5 heterocycles. The number of hydrazine groups is 1. The summed E-state index contributed by atoms with van der Waals surface area (Å²) in [5.41, 5.74) is -7.36. The van der Waals surface area contributed by atoms with Gasteiger partial charge in [-0.1, -0.05) is 43.9 Å². The number of phosphoric acid groups is 1. The Hall–Kier alpha value is -10.2. The Labute approximate surface area is 634 Å². The molecule has 2 unspecified atom stereocenters. The smallest absolute Gasteiger partial charge is 0.480 e. The van der Waals surface area contributed by atoms with Gasteiger partial charge in [0.25, 0.3) is 5.91 Å². The highest BCUT2D eigenvalue weighted by atomic mass is 31.2. The van der Waals surface area contributed by atoms with Gasteiger partial charge in [0.05, 0.1) is 74.9 Å². The number of hydrogen-bond donors (Lipinski definition) is 7. The molecule has 112 heavy (non-hydrogen) atoms. The van der Waals surface area contributed by atoms with Crippen LogP contribution in [0.15, 0.2) is 73.2 Å². The third kappa shape index (κ3) is 22.6. The fourth-order valence-corrected chi connectivity index (χ4v) is 13.5. The Morgan fingerprint density at radius 2 is 1.36 bits per heavy atom. The number of benzene rings is 3. The topological polar surface area (TPSA) is 380 Å². The van der Waals surface area contributed by atoms with Crippen LogP contribution in [0.5, 0.6) is 5.75 Å². The number of alkyl halides is 8. The van der Waals surface area contributed by atoms with Gasteiger partial charge >= 0.3 is 57.0 Å². The van der Waals surface area contributed by atoms with E-state index in [1.54, 1.807) is 5.32 Å². The van der Waals surface area contributed by atoms with Crippen LogP contribution in [0.2, 0.25) is 0 Å². The van der Waals surface area contributed by atoms with Crippen LogP contribution in [0.3, 0.4) is 0 Å². The minimum absolute atomic E-state index is 0.0341. The maximum atomic E-state index is 16.7. The number of aliphatic carboxylic acids is 1. The summed E-state index contributed by atoms with van der Waals surface area (Å²) in [6, 6.07) is 5.86. The zero-order valence-electron chi connectivity index (χ0n) is 61.7. The first-order valence-electron chi connectivity index (χ1n) is 34.4. The summed E-state index contributed by atoms with van der Waals surface area (Å²) in [6.07, 6.45) is -15.8. The number of carboxylic acid groups (broad SMARTS) is 1. The Bertz CT molecular complexity index is 4340. The number of esters is 1. The molecular formula is C71H82F10N11O19P. The van der Waals surface area contributed by atoms with Crippen LogP contribution in [0.1, 0.15) is 113 Å². The molecule has 0 aliphatic carbocycles. The summed E-state index contributed by atoms with van der Waals surface area (Å²) in [4.78, 5) is 142. The first kappa shape index (κ1) is 87.4. The van der Waals surface area contributed by atoms with E-state index in [9.17, 15) is 61.5 Å². The van der Waals surface area contributed by atoms with Gasteiger partial charge in [0, 0.05) is 90.3 Å². The van der Waals surface area contributed by atoms with Gasteiger partial charge < -0.3 is 58.9 Å². The van der Waals surface area contributed by atoms with Crippen molar-refractivity contribution >= 4 is 61.6 Å². The van der Waals surface area contributed by atoms with Crippen LogP contribution >= 0.6 is 7.82 Å². The van der Waals surface area contributed by atoms with Gasteiger partial charge in [0.2, 0.25) is 18.6 Å². The summed E-state index contributed by atoms with van der Waals surface area (Å²) < 4.78 is 200. The van der Waals surface area contributed by atoms with Gasteiger partial charge in [0.15, 0.2) is 5.78 Å². The van der Waals surface area contributed by atoms with E-state index in [-0.39, 0.29) is 26.9 Å². The van der Waals surface area contributed by atoms with Gasteiger partial charge in [-0.25, -0.2) is 47.4 Å². The van der Waals surface area contributed by atoms with E-state index >= 15 is 35.1 Å². The van der Waals surface area contributed by atoms with Crippen molar-refractivity contribution in [1.29, 1.82) is 0 Å². The first-order chi connectivity index (χ1) is 52.3. The van der Waals surface area contributed by atoms with Crippen LogP contribution in [-0.4, -0.2) is 201 Å². The van der Waals surface area contributed by atoms with E-state index < -0.39 is 201 Å². The zero-order valence-corrected chi connectivity index (χ0v) is 62.6. The molecule has 0 saturated carbocycles. The van der Waals surface area contributed by atoms with E-state index in [0.717, 1.165) is 38.3 Å². The van der Waals surface area contributed by atoms with E-state index in [1.165, 1.54) is 63.5 Å². The van der Waals surface area contributed by atoms with Gasteiger partial charge in [-0.15, -0.1) is 0 Å². The Kier molecular flexibility index (Phi) is 28.2. The lowest BCUT2D eigenvalue weighted by Gasteiger charge is -2.47. The molecule has 2 bridgehead atoms. The van der Waals surface area contributed by atoms with Crippen molar-refractivity contribution in [1.82, 2.24) is 51.0 Å². The fraction of sp³-hybridized carbons (Fsp3) is 0.507. The number of carboxylic acids is 1. The molecule has 5 aromatic rings. The molecule has 41 heteroatoms.